The van der Waals surface area contributed by atoms with E-state index in [0.29, 0.717) is 31.2 Å². The van der Waals surface area contributed by atoms with Gasteiger partial charge in [-0.05, 0) is 44.0 Å². The van der Waals surface area contributed by atoms with E-state index in [4.69, 9.17) is 9.15 Å². The molecule has 168 valence electrons. The molecule has 1 fully saturated rings. The molecule has 2 aliphatic rings. The molecule has 0 unspecified atom stereocenters. The Morgan fingerprint density at radius 3 is 2.55 bits per heavy atom. The highest BCUT2D eigenvalue weighted by atomic mass is 16.5. The summed E-state index contributed by atoms with van der Waals surface area (Å²) < 4.78 is 12.8. The van der Waals surface area contributed by atoms with Gasteiger partial charge >= 0.3 is 0 Å². The first-order valence-corrected chi connectivity index (χ1v) is 11.4. The summed E-state index contributed by atoms with van der Waals surface area (Å²) in [5.74, 6) is 0.441. The lowest BCUT2D eigenvalue weighted by molar-refractivity contribution is -0.134. The largest absolute Gasteiger partial charge is 0.463 e. The Morgan fingerprint density at radius 1 is 1.16 bits per heavy atom. The minimum absolute atomic E-state index is 0.0905. The molecular formula is C24H33N3O4. The number of rotatable bonds is 6. The van der Waals surface area contributed by atoms with Crippen molar-refractivity contribution in [2.75, 3.05) is 20.3 Å². The summed E-state index contributed by atoms with van der Waals surface area (Å²) in [6, 6.07) is 7.56. The van der Waals surface area contributed by atoms with E-state index >= 15 is 0 Å². The van der Waals surface area contributed by atoms with Crippen LogP contribution in [0.4, 0.5) is 0 Å². The minimum Gasteiger partial charge on any atom is -0.463 e. The summed E-state index contributed by atoms with van der Waals surface area (Å²) >= 11 is 0. The molecule has 7 heteroatoms. The van der Waals surface area contributed by atoms with Crippen LogP contribution in [0.3, 0.4) is 0 Å². The zero-order chi connectivity index (χ0) is 21.8. The molecule has 3 heterocycles. The van der Waals surface area contributed by atoms with Gasteiger partial charge in [-0.15, -0.1) is 0 Å². The Balaban J connectivity index is 1.64. The molecule has 1 aliphatic heterocycles. The van der Waals surface area contributed by atoms with Crippen molar-refractivity contribution in [2.24, 2.45) is 0 Å². The van der Waals surface area contributed by atoms with Gasteiger partial charge in [0.15, 0.2) is 0 Å². The second-order valence-corrected chi connectivity index (χ2v) is 8.91. The van der Waals surface area contributed by atoms with Gasteiger partial charge in [-0.1, -0.05) is 32.1 Å². The van der Waals surface area contributed by atoms with E-state index in [0.717, 1.165) is 31.4 Å². The minimum atomic E-state index is -1.01. The summed E-state index contributed by atoms with van der Waals surface area (Å²) in [7, 11) is 1.61. The van der Waals surface area contributed by atoms with Gasteiger partial charge in [-0.3, -0.25) is 9.59 Å². The third-order valence-electron chi connectivity index (χ3n) is 6.73. The number of methoxy groups -OCH3 is 1. The topological polar surface area (TPSA) is 76.7 Å². The summed E-state index contributed by atoms with van der Waals surface area (Å²) in [6.07, 6.45) is 9.62. The van der Waals surface area contributed by atoms with Crippen LogP contribution in [0.25, 0.3) is 11.5 Å². The molecule has 1 N–H and O–H groups in total. The molecule has 4 rings (SSSR count). The molecule has 1 atom stereocenters. The highest BCUT2D eigenvalue weighted by molar-refractivity contribution is 6.00. The molecule has 0 spiro atoms. The van der Waals surface area contributed by atoms with Crippen LogP contribution in [0, 0.1) is 0 Å². The van der Waals surface area contributed by atoms with Crippen molar-refractivity contribution in [3.05, 3.63) is 36.2 Å². The summed E-state index contributed by atoms with van der Waals surface area (Å²) in [5, 5.41) is 3.29. The first-order chi connectivity index (χ1) is 15.0. The highest BCUT2D eigenvalue weighted by Gasteiger charge is 2.48. The molecule has 2 aromatic heterocycles. The number of nitrogens with one attached hydrogen (secondary N) is 1. The van der Waals surface area contributed by atoms with Crippen LogP contribution in [0.5, 0.6) is 0 Å². The van der Waals surface area contributed by atoms with Crippen molar-refractivity contribution in [3.63, 3.8) is 0 Å². The lowest BCUT2D eigenvalue weighted by Gasteiger charge is -2.44. The van der Waals surface area contributed by atoms with Crippen LogP contribution in [-0.4, -0.2) is 53.1 Å². The molecular weight excluding hydrogens is 394 g/mol. The van der Waals surface area contributed by atoms with E-state index < -0.39 is 5.54 Å². The number of hydrogen-bond acceptors (Lipinski definition) is 4. The third-order valence-corrected chi connectivity index (χ3v) is 6.73. The molecule has 0 radical (unpaired) electrons. The molecule has 0 saturated heterocycles. The molecule has 1 saturated carbocycles. The average Bonchev–Trinajstić information content (AvgIpc) is 3.39. The van der Waals surface area contributed by atoms with Crippen LogP contribution in [0.2, 0.25) is 0 Å². The van der Waals surface area contributed by atoms with Crippen molar-refractivity contribution < 1.29 is 18.7 Å². The Kier molecular flexibility index (Phi) is 6.51. The quantitative estimate of drug-likeness (QED) is 0.760. The van der Waals surface area contributed by atoms with Gasteiger partial charge in [-0.25, -0.2) is 0 Å². The van der Waals surface area contributed by atoms with Crippen LogP contribution < -0.4 is 5.32 Å². The van der Waals surface area contributed by atoms with Crippen molar-refractivity contribution in [1.29, 1.82) is 0 Å². The van der Waals surface area contributed by atoms with E-state index in [1.807, 2.05) is 35.8 Å². The van der Waals surface area contributed by atoms with Crippen LogP contribution >= 0.6 is 0 Å². The van der Waals surface area contributed by atoms with Crippen molar-refractivity contribution >= 4 is 11.8 Å². The third kappa shape index (κ3) is 4.28. The first kappa shape index (κ1) is 21.7. The number of aromatic nitrogens is 1. The molecule has 1 aliphatic carbocycles. The zero-order valence-electron chi connectivity index (χ0n) is 18.6. The van der Waals surface area contributed by atoms with Gasteiger partial charge in [0.2, 0.25) is 5.91 Å². The van der Waals surface area contributed by atoms with E-state index in [1.165, 1.54) is 19.3 Å². The number of carbonyl (C=O) groups excluding carboxylic acids is 2. The number of ether oxygens (including phenoxy) is 1. The fourth-order valence-electron chi connectivity index (χ4n) is 4.89. The number of hydrogen-bond donors (Lipinski definition) is 1. The Labute approximate surface area is 183 Å². The number of nitrogens with zero attached hydrogens (tertiary/aromatic N) is 2. The van der Waals surface area contributed by atoms with E-state index in [9.17, 15) is 9.59 Å². The highest BCUT2D eigenvalue weighted by Crippen LogP contribution is 2.33. The Hall–Kier alpha value is -2.54. The maximum atomic E-state index is 13.7. The summed E-state index contributed by atoms with van der Waals surface area (Å²) in [4.78, 5) is 28.8. The second kappa shape index (κ2) is 9.30. The molecule has 2 aromatic rings. The fourth-order valence-corrected chi connectivity index (χ4v) is 4.89. The second-order valence-electron chi connectivity index (χ2n) is 8.91. The normalized spacial score (nSPS) is 22.6. The van der Waals surface area contributed by atoms with Crippen molar-refractivity contribution in [3.8, 4) is 11.5 Å². The van der Waals surface area contributed by atoms with Crippen molar-refractivity contribution in [2.45, 2.75) is 70.0 Å². The number of fused-ring (bicyclic) bond motifs is 1. The molecule has 0 bridgehead atoms. The molecule has 0 aromatic carbocycles. The van der Waals surface area contributed by atoms with Gasteiger partial charge in [-0.2, -0.15) is 0 Å². The maximum Gasteiger partial charge on any atom is 0.271 e. The molecule has 7 nitrogen and oxygen atoms in total. The predicted octanol–water partition coefficient (Wildman–Crippen LogP) is 3.84. The Morgan fingerprint density at radius 2 is 1.87 bits per heavy atom. The van der Waals surface area contributed by atoms with E-state index in [-0.39, 0.29) is 17.9 Å². The van der Waals surface area contributed by atoms with Gasteiger partial charge in [0.1, 0.15) is 17.0 Å². The van der Waals surface area contributed by atoms with Crippen molar-refractivity contribution in [1.82, 2.24) is 14.8 Å². The van der Waals surface area contributed by atoms with Gasteiger partial charge in [0, 0.05) is 19.7 Å². The smallest absolute Gasteiger partial charge is 0.271 e. The lowest BCUT2D eigenvalue weighted by Crippen LogP contribution is -2.65. The van der Waals surface area contributed by atoms with E-state index in [2.05, 4.69) is 5.32 Å². The van der Waals surface area contributed by atoms with Crippen LogP contribution in [0.15, 0.2) is 34.9 Å². The van der Waals surface area contributed by atoms with Crippen LogP contribution in [0.1, 0.15) is 62.4 Å². The number of furan rings is 1. The number of amides is 2. The molecule has 2 amide bonds. The van der Waals surface area contributed by atoms with Gasteiger partial charge < -0.3 is 23.9 Å². The summed E-state index contributed by atoms with van der Waals surface area (Å²) in [5.41, 5.74) is 0.370. The van der Waals surface area contributed by atoms with Gasteiger partial charge in [0.05, 0.1) is 25.1 Å². The SMILES string of the molecule is COCCN1C(=O)c2ccc(-c3ccco3)n2C[C@@]1(C)C(=O)NC1CCCCCCC1. The standard InChI is InChI=1S/C24H33N3O4/c1-24(23(29)25-18-9-6-4-3-5-7-10-18)17-26-19(21-11-8-15-31-21)12-13-20(26)22(28)27(24)14-16-30-2/h8,11-13,15,18H,3-7,9-10,14,16-17H2,1-2H3,(H,25,29)/t24-/m0/s1. The van der Waals surface area contributed by atoms with Crippen LogP contribution in [-0.2, 0) is 16.1 Å². The maximum absolute atomic E-state index is 13.7. The zero-order valence-corrected chi connectivity index (χ0v) is 18.6. The Bertz CT molecular complexity index is 896. The predicted molar refractivity (Wildman–Crippen MR) is 118 cm³/mol. The molecule has 31 heavy (non-hydrogen) atoms. The first-order valence-electron chi connectivity index (χ1n) is 11.4. The summed E-state index contributed by atoms with van der Waals surface area (Å²) in [6.45, 7) is 2.99. The number of carbonyl (C=O) groups is 2. The fraction of sp³-hybridized carbons (Fsp3) is 0.583. The van der Waals surface area contributed by atoms with E-state index in [1.54, 1.807) is 18.3 Å². The van der Waals surface area contributed by atoms with Gasteiger partial charge in [0.25, 0.3) is 5.91 Å². The lowest BCUT2D eigenvalue weighted by atomic mass is 9.92. The average molecular weight is 428 g/mol. The monoisotopic (exact) mass is 427 g/mol.